The Labute approximate surface area is 125 Å². The zero-order valence-electron chi connectivity index (χ0n) is 12.0. The van der Waals surface area contributed by atoms with Crippen molar-refractivity contribution in [3.8, 4) is 0 Å². The van der Waals surface area contributed by atoms with E-state index >= 15 is 0 Å². The Morgan fingerprint density at radius 1 is 1.25 bits per heavy atom. The van der Waals surface area contributed by atoms with E-state index in [4.69, 9.17) is 16.6 Å². The molecule has 0 fully saturated rings. The lowest BCUT2D eigenvalue weighted by Gasteiger charge is -2.29. The van der Waals surface area contributed by atoms with Crippen molar-refractivity contribution in [3.05, 3.63) is 34.9 Å². The molecule has 1 aliphatic rings. The first kappa shape index (κ1) is 15.0. The van der Waals surface area contributed by atoms with Crippen LogP contribution in [0.4, 0.5) is 0 Å². The summed E-state index contributed by atoms with van der Waals surface area (Å²) >= 11 is 6.01. The zero-order chi connectivity index (χ0) is 14.5. The van der Waals surface area contributed by atoms with Crippen LogP contribution in [0.2, 0.25) is 5.02 Å². The number of nitrogens with zero attached hydrogens (tertiary/aromatic N) is 1. The fourth-order valence-electron chi connectivity index (χ4n) is 2.65. The summed E-state index contributed by atoms with van der Waals surface area (Å²) in [4.78, 5) is 17.1. The largest absolute Gasteiger partial charge is 0.310 e. The van der Waals surface area contributed by atoms with Crippen molar-refractivity contribution in [2.45, 2.75) is 45.6 Å². The highest BCUT2D eigenvalue weighted by Crippen LogP contribution is 2.24. The minimum Gasteiger partial charge on any atom is -0.310 e. The van der Waals surface area contributed by atoms with Gasteiger partial charge in [0.1, 0.15) is 5.84 Å². The molecule has 1 heterocycles. The molecular weight excluding hydrogens is 272 g/mol. The first-order valence-corrected chi connectivity index (χ1v) is 7.68. The number of benzene rings is 1. The van der Waals surface area contributed by atoms with Gasteiger partial charge in [0.15, 0.2) is 0 Å². The monoisotopic (exact) mass is 292 g/mol. The molecular formula is C16H21ClN2O. The van der Waals surface area contributed by atoms with Crippen molar-refractivity contribution < 1.29 is 4.79 Å². The maximum Gasteiger partial charge on any atom is 0.230 e. The van der Waals surface area contributed by atoms with Crippen molar-refractivity contribution in [2.75, 3.05) is 0 Å². The lowest BCUT2D eigenvalue weighted by Crippen LogP contribution is -2.46. The molecule has 1 aromatic rings. The van der Waals surface area contributed by atoms with Crippen LogP contribution in [0.1, 0.15) is 45.1 Å². The Hall–Kier alpha value is -1.35. The lowest BCUT2D eigenvalue weighted by atomic mass is 9.89. The third kappa shape index (κ3) is 3.40. The van der Waals surface area contributed by atoms with Crippen molar-refractivity contribution in [1.82, 2.24) is 5.32 Å². The minimum absolute atomic E-state index is 0.00267. The molecule has 0 saturated heterocycles. The van der Waals surface area contributed by atoms with E-state index in [1.165, 1.54) is 0 Å². The second-order valence-electron chi connectivity index (χ2n) is 5.23. The van der Waals surface area contributed by atoms with Crippen LogP contribution < -0.4 is 5.32 Å². The molecule has 2 atom stereocenters. The highest BCUT2D eigenvalue weighted by molar-refractivity contribution is 6.31. The molecule has 4 heteroatoms. The molecule has 2 rings (SSSR count). The Kier molecular flexibility index (Phi) is 5.18. The second-order valence-corrected chi connectivity index (χ2v) is 5.66. The number of amidine groups is 1. The van der Waals surface area contributed by atoms with Gasteiger partial charge in [-0.2, -0.15) is 0 Å². The maximum atomic E-state index is 12.3. The molecule has 1 aromatic carbocycles. The Morgan fingerprint density at radius 3 is 2.65 bits per heavy atom. The van der Waals surface area contributed by atoms with Crippen molar-refractivity contribution in [3.63, 3.8) is 0 Å². The summed E-state index contributed by atoms with van der Waals surface area (Å²) in [6.07, 6.45) is 3.87. The highest BCUT2D eigenvalue weighted by atomic mass is 35.5. The number of amides is 1. The summed E-state index contributed by atoms with van der Waals surface area (Å²) in [5, 5.41) is 3.59. The molecule has 1 aliphatic heterocycles. The van der Waals surface area contributed by atoms with Gasteiger partial charge in [0, 0.05) is 10.6 Å². The first-order chi connectivity index (χ1) is 9.65. The average molecular weight is 293 g/mol. The Morgan fingerprint density at radius 2 is 2.00 bits per heavy atom. The third-order valence-electron chi connectivity index (χ3n) is 3.62. The number of hydrogen-bond acceptors (Lipinski definition) is 2. The highest BCUT2D eigenvalue weighted by Gasteiger charge is 2.32. The van der Waals surface area contributed by atoms with Gasteiger partial charge in [0.25, 0.3) is 0 Å². The van der Waals surface area contributed by atoms with Gasteiger partial charge >= 0.3 is 0 Å². The van der Waals surface area contributed by atoms with E-state index in [-0.39, 0.29) is 17.9 Å². The van der Waals surface area contributed by atoms with Crippen LogP contribution in [0.3, 0.4) is 0 Å². The molecule has 1 amide bonds. The normalized spacial score (nSPS) is 22.4. The van der Waals surface area contributed by atoms with Crippen LogP contribution in [0.15, 0.2) is 29.3 Å². The van der Waals surface area contributed by atoms with Gasteiger partial charge in [-0.3, -0.25) is 9.79 Å². The van der Waals surface area contributed by atoms with Crippen LogP contribution in [-0.4, -0.2) is 17.8 Å². The number of nitrogens with one attached hydrogen (secondary N) is 1. The first-order valence-electron chi connectivity index (χ1n) is 7.30. The third-order valence-corrected chi connectivity index (χ3v) is 3.86. The van der Waals surface area contributed by atoms with E-state index in [9.17, 15) is 4.79 Å². The zero-order valence-corrected chi connectivity index (χ0v) is 12.8. The number of hydrogen-bond donors (Lipinski definition) is 1. The maximum absolute atomic E-state index is 12.3. The smallest absolute Gasteiger partial charge is 0.230 e. The molecule has 0 bridgehead atoms. The van der Waals surface area contributed by atoms with Gasteiger partial charge in [0.2, 0.25) is 5.91 Å². The molecule has 0 radical (unpaired) electrons. The predicted octanol–water partition coefficient (Wildman–Crippen LogP) is 3.80. The standard InChI is InChI=1S/C16H21ClN2O/c1-3-6-13-14(7-4-2)18-15(19-16(13)20)11-8-5-9-12(17)10-11/h5,8-10,13-14H,3-4,6-7H2,1-2H3,(H,18,19,20). The van der Waals surface area contributed by atoms with E-state index < -0.39 is 0 Å². The minimum atomic E-state index is 0.00267. The van der Waals surface area contributed by atoms with E-state index in [1.54, 1.807) is 0 Å². The van der Waals surface area contributed by atoms with Crippen LogP contribution in [0.25, 0.3) is 0 Å². The molecule has 2 unspecified atom stereocenters. The summed E-state index contributed by atoms with van der Waals surface area (Å²) in [7, 11) is 0. The van der Waals surface area contributed by atoms with Gasteiger partial charge in [-0.05, 0) is 25.0 Å². The van der Waals surface area contributed by atoms with Gasteiger partial charge in [-0.25, -0.2) is 0 Å². The lowest BCUT2D eigenvalue weighted by molar-refractivity contribution is -0.125. The Balaban J connectivity index is 2.30. The molecule has 20 heavy (non-hydrogen) atoms. The summed E-state index contributed by atoms with van der Waals surface area (Å²) in [6, 6.07) is 7.54. The van der Waals surface area contributed by atoms with Crippen LogP contribution in [-0.2, 0) is 4.79 Å². The average Bonchev–Trinajstić information content (AvgIpc) is 2.42. The van der Waals surface area contributed by atoms with Crippen LogP contribution >= 0.6 is 11.6 Å². The van der Waals surface area contributed by atoms with E-state index in [0.717, 1.165) is 31.2 Å². The SMILES string of the molecule is CCCC1N=C(c2cccc(Cl)c2)NC(=O)C1CCC. The quantitative estimate of drug-likeness (QED) is 0.881. The van der Waals surface area contributed by atoms with Gasteiger partial charge in [-0.1, -0.05) is 50.4 Å². The molecule has 108 valence electrons. The van der Waals surface area contributed by atoms with Crippen molar-refractivity contribution >= 4 is 23.3 Å². The number of rotatable bonds is 5. The molecule has 0 saturated carbocycles. The van der Waals surface area contributed by atoms with Crippen LogP contribution in [0, 0.1) is 5.92 Å². The van der Waals surface area contributed by atoms with Crippen molar-refractivity contribution in [2.24, 2.45) is 10.9 Å². The fourth-order valence-corrected chi connectivity index (χ4v) is 2.84. The molecule has 0 aromatic heterocycles. The van der Waals surface area contributed by atoms with E-state index in [1.807, 2.05) is 24.3 Å². The molecule has 0 aliphatic carbocycles. The van der Waals surface area contributed by atoms with Crippen molar-refractivity contribution in [1.29, 1.82) is 0 Å². The van der Waals surface area contributed by atoms with E-state index in [0.29, 0.717) is 10.9 Å². The number of aliphatic imine (C=N–C) groups is 1. The van der Waals surface area contributed by atoms with Gasteiger partial charge in [-0.15, -0.1) is 0 Å². The Bertz CT molecular complexity index is 513. The summed E-state index contributed by atoms with van der Waals surface area (Å²) in [5.41, 5.74) is 0.877. The number of carbonyl (C=O) groups excluding carboxylic acids is 1. The summed E-state index contributed by atoms with van der Waals surface area (Å²) in [5.74, 6) is 0.751. The predicted molar refractivity (Wildman–Crippen MR) is 83.2 cm³/mol. The fraction of sp³-hybridized carbons (Fsp3) is 0.500. The molecule has 0 spiro atoms. The van der Waals surface area contributed by atoms with E-state index in [2.05, 4.69) is 19.2 Å². The molecule has 1 N–H and O–H groups in total. The summed E-state index contributed by atoms with van der Waals surface area (Å²) in [6.45, 7) is 4.23. The van der Waals surface area contributed by atoms with Gasteiger partial charge < -0.3 is 5.32 Å². The van der Waals surface area contributed by atoms with Crippen LogP contribution in [0.5, 0.6) is 0 Å². The molecule has 3 nitrogen and oxygen atoms in total. The summed E-state index contributed by atoms with van der Waals surface area (Å²) < 4.78 is 0. The second kappa shape index (κ2) is 6.89. The number of halogens is 1. The topological polar surface area (TPSA) is 41.5 Å². The van der Waals surface area contributed by atoms with Gasteiger partial charge in [0.05, 0.1) is 12.0 Å². The number of carbonyl (C=O) groups is 1.